The second kappa shape index (κ2) is 7.47. The van der Waals surface area contributed by atoms with Crippen LogP contribution in [0.15, 0.2) is 36.4 Å². The van der Waals surface area contributed by atoms with Crippen molar-refractivity contribution in [3.63, 3.8) is 0 Å². The van der Waals surface area contributed by atoms with Crippen molar-refractivity contribution < 1.29 is 18.9 Å². The molecule has 0 aromatic heterocycles. The minimum atomic E-state index is -0.0261. The Morgan fingerprint density at radius 2 is 1.79 bits per heavy atom. The van der Waals surface area contributed by atoms with Crippen molar-refractivity contribution in [1.82, 2.24) is 0 Å². The predicted octanol–water partition coefficient (Wildman–Crippen LogP) is 4.56. The van der Waals surface area contributed by atoms with Gasteiger partial charge in [0.25, 0.3) is 0 Å². The molecule has 1 heterocycles. The van der Waals surface area contributed by atoms with Crippen molar-refractivity contribution >= 4 is 0 Å². The molecule has 128 valence electrons. The number of aryl methyl sites for hydroxylation is 1. The molecule has 1 unspecified atom stereocenters. The van der Waals surface area contributed by atoms with Crippen LogP contribution in [0.25, 0.3) is 0 Å². The first kappa shape index (κ1) is 16.5. The van der Waals surface area contributed by atoms with E-state index >= 15 is 0 Å². The lowest BCUT2D eigenvalue weighted by Gasteiger charge is -2.28. The topological polar surface area (TPSA) is 36.9 Å². The van der Waals surface area contributed by atoms with Gasteiger partial charge in [-0.1, -0.05) is 6.07 Å². The molecule has 24 heavy (non-hydrogen) atoms. The zero-order chi connectivity index (χ0) is 16.9. The number of rotatable bonds is 6. The van der Waals surface area contributed by atoms with Gasteiger partial charge >= 0.3 is 0 Å². The highest BCUT2D eigenvalue weighted by Crippen LogP contribution is 2.40. The molecule has 4 heteroatoms. The highest BCUT2D eigenvalue weighted by atomic mass is 16.5. The van der Waals surface area contributed by atoms with E-state index in [1.807, 2.05) is 44.2 Å². The molecule has 2 aromatic rings. The summed E-state index contributed by atoms with van der Waals surface area (Å²) in [5.74, 6) is 3.36. The van der Waals surface area contributed by atoms with Crippen LogP contribution >= 0.6 is 0 Å². The van der Waals surface area contributed by atoms with Crippen molar-refractivity contribution in [3.8, 4) is 23.0 Å². The molecule has 2 aromatic carbocycles. The number of ether oxygens (including phenoxy) is 4. The fraction of sp³-hybridized carbons (Fsp3) is 0.400. The van der Waals surface area contributed by atoms with Gasteiger partial charge in [-0.05, 0) is 50.5 Å². The Bertz CT molecular complexity index is 696. The highest BCUT2D eigenvalue weighted by Gasteiger charge is 2.25. The van der Waals surface area contributed by atoms with Gasteiger partial charge in [-0.25, -0.2) is 0 Å². The van der Waals surface area contributed by atoms with Gasteiger partial charge in [-0.15, -0.1) is 0 Å². The Labute approximate surface area is 143 Å². The molecule has 0 aliphatic carbocycles. The molecule has 0 N–H and O–H groups in total. The first-order valence-electron chi connectivity index (χ1n) is 8.48. The fourth-order valence-corrected chi connectivity index (χ4v) is 3.01. The normalized spacial score (nSPS) is 16.0. The van der Waals surface area contributed by atoms with Gasteiger partial charge in [0.15, 0.2) is 0 Å². The lowest BCUT2D eigenvalue weighted by Crippen LogP contribution is -2.16. The van der Waals surface area contributed by atoms with Crippen molar-refractivity contribution in [2.75, 3.05) is 20.3 Å². The fourth-order valence-electron chi connectivity index (χ4n) is 3.01. The third-order valence-corrected chi connectivity index (χ3v) is 4.16. The summed E-state index contributed by atoms with van der Waals surface area (Å²) in [5.41, 5.74) is 2.28. The van der Waals surface area contributed by atoms with Gasteiger partial charge in [-0.2, -0.15) is 0 Å². The third kappa shape index (κ3) is 3.42. The number of hydrogen-bond donors (Lipinski definition) is 0. The monoisotopic (exact) mass is 328 g/mol. The lowest BCUT2D eigenvalue weighted by atomic mass is 9.96. The van der Waals surface area contributed by atoms with E-state index in [0.29, 0.717) is 13.2 Å². The second-order valence-corrected chi connectivity index (χ2v) is 5.68. The van der Waals surface area contributed by atoms with Gasteiger partial charge in [-0.3, -0.25) is 0 Å². The van der Waals surface area contributed by atoms with Crippen LogP contribution in [0.4, 0.5) is 0 Å². The zero-order valence-electron chi connectivity index (χ0n) is 14.5. The van der Waals surface area contributed by atoms with Crippen molar-refractivity contribution in [1.29, 1.82) is 0 Å². The average molecular weight is 328 g/mol. The first-order valence-corrected chi connectivity index (χ1v) is 8.48. The summed E-state index contributed by atoms with van der Waals surface area (Å²) < 4.78 is 23.0. The molecule has 0 saturated carbocycles. The van der Waals surface area contributed by atoms with Crippen LogP contribution in [-0.4, -0.2) is 20.3 Å². The standard InChI is InChI=1S/C20H24O4/c1-4-22-16-8-6-14-7-11-18(24-19(14)13-16)17-10-9-15(21-3)12-20(17)23-5-2/h6,8-10,12-13,18H,4-5,7,11H2,1-3H3. The maximum absolute atomic E-state index is 6.26. The van der Waals surface area contributed by atoms with Gasteiger partial charge in [0.2, 0.25) is 0 Å². The molecule has 3 rings (SSSR count). The molecule has 0 saturated heterocycles. The summed E-state index contributed by atoms with van der Waals surface area (Å²) in [4.78, 5) is 0. The van der Waals surface area contributed by atoms with Gasteiger partial charge < -0.3 is 18.9 Å². The Balaban J connectivity index is 1.88. The van der Waals surface area contributed by atoms with E-state index < -0.39 is 0 Å². The van der Waals surface area contributed by atoms with E-state index in [9.17, 15) is 0 Å². The molecule has 1 aliphatic heterocycles. The van der Waals surface area contributed by atoms with Crippen LogP contribution in [0, 0.1) is 0 Å². The lowest BCUT2D eigenvalue weighted by molar-refractivity contribution is 0.170. The van der Waals surface area contributed by atoms with Crippen molar-refractivity contribution in [2.45, 2.75) is 32.8 Å². The van der Waals surface area contributed by atoms with Gasteiger partial charge in [0, 0.05) is 17.7 Å². The van der Waals surface area contributed by atoms with E-state index in [-0.39, 0.29) is 6.10 Å². The third-order valence-electron chi connectivity index (χ3n) is 4.16. The molecule has 0 amide bonds. The Hall–Kier alpha value is -2.36. The summed E-state index contributed by atoms with van der Waals surface area (Å²) in [6, 6.07) is 12.0. The van der Waals surface area contributed by atoms with E-state index in [2.05, 4.69) is 6.07 Å². The SMILES string of the molecule is CCOc1ccc2c(c1)OC(c1ccc(OC)cc1OCC)CC2. The smallest absolute Gasteiger partial charge is 0.129 e. The van der Waals surface area contributed by atoms with E-state index in [1.54, 1.807) is 7.11 Å². The molecule has 1 atom stereocenters. The van der Waals surface area contributed by atoms with Crippen LogP contribution in [0.3, 0.4) is 0 Å². The quantitative estimate of drug-likeness (QED) is 0.779. The van der Waals surface area contributed by atoms with Crippen LogP contribution in [0.5, 0.6) is 23.0 Å². The molecule has 0 bridgehead atoms. The Kier molecular flexibility index (Phi) is 5.14. The van der Waals surface area contributed by atoms with E-state index in [4.69, 9.17) is 18.9 Å². The maximum atomic E-state index is 6.26. The van der Waals surface area contributed by atoms with Crippen molar-refractivity contribution in [2.24, 2.45) is 0 Å². The zero-order valence-corrected chi connectivity index (χ0v) is 14.5. The first-order chi connectivity index (χ1) is 11.7. The van der Waals surface area contributed by atoms with Crippen molar-refractivity contribution in [3.05, 3.63) is 47.5 Å². The largest absolute Gasteiger partial charge is 0.497 e. The minimum Gasteiger partial charge on any atom is -0.497 e. The van der Waals surface area contributed by atoms with Gasteiger partial charge in [0.1, 0.15) is 29.1 Å². The summed E-state index contributed by atoms with van der Waals surface area (Å²) in [6.45, 7) is 5.22. The average Bonchev–Trinajstić information content (AvgIpc) is 2.61. The van der Waals surface area contributed by atoms with Crippen LogP contribution < -0.4 is 18.9 Å². The summed E-state index contributed by atoms with van der Waals surface area (Å²) >= 11 is 0. The molecule has 0 radical (unpaired) electrons. The van der Waals surface area contributed by atoms with Crippen LogP contribution in [0.2, 0.25) is 0 Å². The molecule has 0 spiro atoms. The highest BCUT2D eigenvalue weighted by molar-refractivity contribution is 5.46. The molecule has 0 fully saturated rings. The van der Waals surface area contributed by atoms with Crippen LogP contribution in [-0.2, 0) is 6.42 Å². The molecular formula is C20H24O4. The summed E-state index contributed by atoms with van der Waals surface area (Å²) in [6.07, 6.45) is 1.87. The minimum absolute atomic E-state index is 0.0261. The predicted molar refractivity (Wildman–Crippen MR) is 93.5 cm³/mol. The number of fused-ring (bicyclic) bond motifs is 1. The van der Waals surface area contributed by atoms with E-state index in [0.717, 1.165) is 41.4 Å². The number of hydrogen-bond acceptors (Lipinski definition) is 4. The molecule has 4 nitrogen and oxygen atoms in total. The van der Waals surface area contributed by atoms with Crippen LogP contribution in [0.1, 0.15) is 37.5 Å². The Morgan fingerprint density at radius 3 is 2.54 bits per heavy atom. The molecule has 1 aliphatic rings. The maximum Gasteiger partial charge on any atom is 0.129 e. The Morgan fingerprint density at radius 1 is 1.00 bits per heavy atom. The van der Waals surface area contributed by atoms with E-state index in [1.165, 1.54) is 5.56 Å². The molecular weight excluding hydrogens is 304 g/mol. The van der Waals surface area contributed by atoms with Gasteiger partial charge in [0.05, 0.1) is 20.3 Å². The number of methoxy groups -OCH3 is 1. The number of benzene rings is 2. The second-order valence-electron chi connectivity index (χ2n) is 5.68. The summed E-state index contributed by atoms with van der Waals surface area (Å²) in [5, 5.41) is 0. The summed E-state index contributed by atoms with van der Waals surface area (Å²) in [7, 11) is 1.66.